The Kier molecular flexibility index (Phi) is 5.66. The lowest BCUT2D eigenvalue weighted by molar-refractivity contribution is -0.116. The van der Waals surface area contributed by atoms with Gasteiger partial charge in [0.1, 0.15) is 11.5 Å². The van der Waals surface area contributed by atoms with E-state index in [-0.39, 0.29) is 17.9 Å². The highest BCUT2D eigenvalue weighted by Gasteiger charge is 2.09. The Morgan fingerprint density at radius 1 is 1.11 bits per heavy atom. The van der Waals surface area contributed by atoms with Crippen molar-refractivity contribution in [3.63, 3.8) is 0 Å². The van der Waals surface area contributed by atoms with Gasteiger partial charge < -0.3 is 19.8 Å². The van der Waals surface area contributed by atoms with Gasteiger partial charge in [-0.05, 0) is 48.2 Å². The minimum Gasteiger partial charge on any atom is -0.497 e. The molecule has 0 aliphatic carbocycles. The van der Waals surface area contributed by atoms with Crippen LogP contribution in [-0.4, -0.2) is 25.1 Å². The predicted molar refractivity (Wildman–Crippen MR) is 106 cm³/mol. The Morgan fingerprint density at radius 2 is 1.93 bits per heavy atom. The van der Waals surface area contributed by atoms with E-state index in [9.17, 15) is 9.59 Å². The molecule has 27 heavy (non-hydrogen) atoms. The number of pyridine rings is 1. The first-order valence-electron chi connectivity index (χ1n) is 8.33. The van der Waals surface area contributed by atoms with Gasteiger partial charge in [0.2, 0.25) is 5.91 Å². The molecule has 0 bridgehead atoms. The number of hydrogen-bond donors (Lipinski definition) is 2. The average molecular weight is 387 g/mol. The third-order valence-corrected chi connectivity index (χ3v) is 4.48. The number of nitrogens with one attached hydrogen (secondary N) is 2. The van der Waals surface area contributed by atoms with Crippen LogP contribution in [0.2, 0.25) is 5.02 Å². The van der Waals surface area contributed by atoms with Gasteiger partial charge in [0, 0.05) is 23.7 Å². The van der Waals surface area contributed by atoms with E-state index in [0.29, 0.717) is 39.7 Å². The molecule has 0 atom stereocenters. The van der Waals surface area contributed by atoms with Crippen molar-refractivity contribution >= 4 is 34.1 Å². The largest absolute Gasteiger partial charge is 0.497 e. The van der Waals surface area contributed by atoms with E-state index in [4.69, 9.17) is 21.1 Å². The zero-order valence-electron chi connectivity index (χ0n) is 15.0. The van der Waals surface area contributed by atoms with Gasteiger partial charge in [-0.15, -0.1) is 0 Å². The molecular formula is C20H19ClN2O4. The molecule has 6 nitrogen and oxygen atoms in total. The first-order valence-corrected chi connectivity index (χ1v) is 8.71. The van der Waals surface area contributed by atoms with Crippen LogP contribution in [0.3, 0.4) is 0 Å². The maximum absolute atomic E-state index is 12.3. The second-order valence-corrected chi connectivity index (χ2v) is 6.38. The molecule has 0 aliphatic rings. The van der Waals surface area contributed by atoms with Crippen molar-refractivity contribution in [3.05, 3.63) is 63.4 Å². The molecule has 0 radical (unpaired) electrons. The van der Waals surface area contributed by atoms with Crippen molar-refractivity contribution in [2.45, 2.75) is 12.8 Å². The molecule has 2 N–H and O–H groups in total. The molecule has 0 unspecified atom stereocenters. The Balaban J connectivity index is 1.68. The minimum atomic E-state index is -0.212. The molecule has 1 heterocycles. The number of benzene rings is 2. The number of carbonyl (C=O) groups excluding carboxylic acids is 1. The zero-order valence-corrected chi connectivity index (χ0v) is 15.7. The van der Waals surface area contributed by atoms with E-state index in [1.807, 2.05) is 12.1 Å². The van der Waals surface area contributed by atoms with Crippen LogP contribution in [0.1, 0.15) is 12.0 Å². The van der Waals surface area contributed by atoms with Gasteiger partial charge in [0.15, 0.2) is 0 Å². The number of rotatable bonds is 6. The smallest absolute Gasteiger partial charge is 0.251 e. The Bertz CT molecular complexity index is 1050. The number of amides is 1. The summed E-state index contributed by atoms with van der Waals surface area (Å²) in [6.45, 7) is 0. The monoisotopic (exact) mass is 386 g/mol. The molecule has 1 amide bonds. The van der Waals surface area contributed by atoms with E-state index in [1.54, 1.807) is 37.4 Å². The van der Waals surface area contributed by atoms with Crippen LogP contribution in [-0.2, 0) is 11.2 Å². The fourth-order valence-corrected chi connectivity index (χ4v) is 3.01. The normalized spacial score (nSPS) is 10.6. The van der Waals surface area contributed by atoms with Crippen LogP contribution in [0.25, 0.3) is 10.9 Å². The lowest BCUT2D eigenvalue weighted by Gasteiger charge is -2.08. The van der Waals surface area contributed by atoms with Gasteiger partial charge in [0.05, 0.1) is 24.8 Å². The number of fused-ring (bicyclic) bond motifs is 1. The molecule has 140 valence electrons. The zero-order chi connectivity index (χ0) is 19.4. The molecule has 3 rings (SSSR count). The predicted octanol–water partition coefficient (Wildman–Crippen LogP) is 3.77. The van der Waals surface area contributed by atoms with E-state index < -0.39 is 0 Å². The number of aromatic amines is 1. The van der Waals surface area contributed by atoms with Gasteiger partial charge in [-0.3, -0.25) is 9.59 Å². The lowest BCUT2D eigenvalue weighted by atomic mass is 10.1. The van der Waals surface area contributed by atoms with Crippen molar-refractivity contribution in [2.24, 2.45) is 0 Å². The molecule has 1 aromatic heterocycles. The summed E-state index contributed by atoms with van der Waals surface area (Å²) in [6.07, 6.45) is 0.501. The fourth-order valence-electron chi connectivity index (χ4n) is 2.75. The molecule has 0 fully saturated rings. The SMILES string of the molecule is COc1ccc2cc(CCC(=O)Nc3ccc(OC)c(Cl)c3)c(=O)[nH]c2c1. The Hall–Kier alpha value is -2.99. The van der Waals surface area contributed by atoms with Crippen LogP contribution in [0.5, 0.6) is 11.5 Å². The highest BCUT2D eigenvalue weighted by molar-refractivity contribution is 6.32. The Labute approximate surface area is 161 Å². The van der Waals surface area contributed by atoms with Gasteiger partial charge in [-0.1, -0.05) is 11.6 Å². The van der Waals surface area contributed by atoms with Crippen molar-refractivity contribution in [1.29, 1.82) is 0 Å². The summed E-state index contributed by atoms with van der Waals surface area (Å²) in [7, 11) is 3.10. The van der Waals surface area contributed by atoms with Crippen molar-refractivity contribution in [1.82, 2.24) is 4.98 Å². The van der Waals surface area contributed by atoms with Crippen LogP contribution >= 0.6 is 11.6 Å². The Morgan fingerprint density at radius 3 is 2.63 bits per heavy atom. The summed E-state index contributed by atoms with van der Waals surface area (Å²) in [6, 6.07) is 12.3. The molecule has 0 spiro atoms. The molecule has 0 saturated heterocycles. The van der Waals surface area contributed by atoms with E-state index in [0.717, 1.165) is 5.39 Å². The number of ether oxygens (including phenoxy) is 2. The summed E-state index contributed by atoms with van der Waals surface area (Å²) in [5.74, 6) is 1.00. The number of hydrogen-bond acceptors (Lipinski definition) is 4. The highest BCUT2D eigenvalue weighted by atomic mass is 35.5. The molecule has 7 heteroatoms. The number of methoxy groups -OCH3 is 2. The summed E-state index contributed by atoms with van der Waals surface area (Å²) in [4.78, 5) is 27.3. The number of anilines is 1. The number of halogens is 1. The minimum absolute atomic E-state index is 0.175. The quantitative estimate of drug-likeness (QED) is 0.675. The number of H-pyrrole nitrogens is 1. The first-order chi connectivity index (χ1) is 13.0. The third-order valence-electron chi connectivity index (χ3n) is 4.19. The van der Waals surface area contributed by atoms with Crippen LogP contribution in [0.4, 0.5) is 5.69 Å². The second-order valence-electron chi connectivity index (χ2n) is 5.97. The molecule has 3 aromatic rings. The standard InChI is InChI=1S/C20H19ClN2O4/c1-26-15-6-3-12-9-13(20(25)23-17(12)11-15)4-8-19(24)22-14-5-7-18(27-2)16(21)10-14/h3,5-7,9-11H,4,8H2,1-2H3,(H,22,24)(H,23,25). The second kappa shape index (κ2) is 8.14. The van der Waals surface area contributed by atoms with Gasteiger partial charge in [-0.25, -0.2) is 0 Å². The van der Waals surface area contributed by atoms with Gasteiger partial charge in [0.25, 0.3) is 5.56 Å². The van der Waals surface area contributed by atoms with E-state index >= 15 is 0 Å². The summed E-state index contributed by atoms with van der Waals surface area (Å²) >= 11 is 6.05. The topological polar surface area (TPSA) is 80.4 Å². The fraction of sp³-hybridized carbons (Fsp3) is 0.200. The summed E-state index contributed by atoms with van der Waals surface area (Å²) in [5.41, 5.74) is 1.61. The lowest BCUT2D eigenvalue weighted by Crippen LogP contribution is -2.17. The van der Waals surface area contributed by atoms with Gasteiger partial charge >= 0.3 is 0 Å². The average Bonchev–Trinajstić information content (AvgIpc) is 2.66. The third kappa shape index (κ3) is 4.41. The maximum atomic E-state index is 12.3. The molecule has 0 aliphatic heterocycles. The van der Waals surface area contributed by atoms with Crippen LogP contribution in [0, 0.1) is 0 Å². The van der Waals surface area contributed by atoms with E-state index in [2.05, 4.69) is 10.3 Å². The number of carbonyl (C=O) groups is 1. The first kappa shape index (κ1) is 18.8. The van der Waals surface area contributed by atoms with Gasteiger partial charge in [-0.2, -0.15) is 0 Å². The maximum Gasteiger partial charge on any atom is 0.251 e. The molecule has 0 saturated carbocycles. The molecular weight excluding hydrogens is 368 g/mol. The number of aromatic nitrogens is 1. The van der Waals surface area contributed by atoms with Crippen molar-refractivity contribution in [3.8, 4) is 11.5 Å². The van der Waals surface area contributed by atoms with Crippen molar-refractivity contribution in [2.75, 3.05) is 19.5 Å². The van der Waals surface area contributed by atoms with Crippen molar-refractivity contribution < 1.29 is 14.3 Å². The van der Waals surface area contributed by atoms with Crippen LogP contribution < -0.4 is 20.3 Å². The summed E-state index contributed by atoms with van der Waals surface area (Å²) in [5, 5.41) is 4.06. The highest BCUT2D eigenvalue weighted by Crippen LogP contribution is 2.27. The molecule has 2 aromatic carbocycles. The van der Waals surface area contributed by atoms with E-state index in [1.165, 1.54) is 7.11 Å². The van der Waals surface area contributed by atoms with Crippen LogP contribution in [0.15, 0.2) is 47.3 Å². The summed E-state index contributed by atoms with van der Waals surface area (Å²) < 4.78 is 10.2. The number of aryl methyl sites for hydroxylation is 1.